The Morgan fingerprint density at radius 3 is 2.62 bits per heavy atom. The molecule has 2 aromatic rings. The molecular formula is C11H8Cl2. The van der Waals surface area contributed by atoms with Crippen LogP contribution in [0.2, 0.25) is 10.0 Å². The lowest BCUT2D eigenvalue weighted by molar-refractivity contribution is 1.53. The molecule has 0 aliphatic heterocycles. The van der Waals surface area contributed by atoms with E-state index in [1.54, 1.807) is 0 Å². The molecule has 2 rings (SSSR count). The van der Waals surface area contributed by atoms with Crippen LogP contribution in [0.1, 0.15) is 5.56 Å². The molecule has 0 heterocycles. The van der Waals surface area contributed by atoms with E-state index < -0.39 is 0 Å². The first kappa shape index (κ1) is 8.86. The van der Waals surface area contributed by atoms with E-state index in [1.807, 2.05) is 37.3 Å². The maximum atomic E-state index is 6.07. The van der Waals surface area contributed by atoms with Crippen LogP contribution in [0.25, 0.3) is 10.8 Å². The number of rotatable bonds is 0. The Bertz CT molecular complexity index is 461. The fourth-order valence-electron chi connectivity index (χ4n) is 1.55. The highest BCUT2D eigenvalue weighted by Gasteiger charge is 2.02. The third-order valence-electron chi connectivity index (χ3n) is 2.09. The van der Waals surface area contributed by atoms with E-state index in [0.717, 1.165) is 26.4 Å². The van der Waals surface area contributed by atoms with E-state index in [2.05, 4.69) is 0 Å². The van der Waals surface area contributed by atoms with Gasteiger partial charge in [-0.1, -0.05) is 35.3 Å². The van der Waals surface area contributed by atoms with Crippen LogP contribution < -0.4 is 0 Å². The second-order valence-electron chi connectivity index (χ2n) is 3.06. The molecule has 0 atom stereocenters. The van der Waals surface area contributed by atoms with Crippen molar-refractivity contribution in [1.82, 2.24) is 0 Å². The van der Waals surface area contributed by atoms with Crippen molar-refractivity contribution in [2.24, 2.45) is 0 Å². The molecular weight excluding hydrogens is 203 g/mol. The molecule has 0 aromatic heterocycles. The van der Waals surface area contributed by atoms with Crippen molar-refractivity contribution >= 4 is 34.0 Å². The summed E-state index contributed by atoms with van der Waals surface area (Å²) in [6.07, 6.45) is 0. The normalized spacial score (nSPS) is 10.7. The monoisotopic (exact) mass is 210 g/mol. The molecule has 66 valence electrons. The minimum Gasteiger partial charge on any atom is -0.0843 e. The molecule has 2 aromatic carbocycles. The summed E-state index contributed by atoms with van der Waals surface area (Å²) < 4.78 is 0. The number of halogens is 2. The highest BCUT2D eigenvalue weighted by Crippen LogP contribution is 2.29. The van der Waals surface area contributed by atoms with Crippen LogP contribution in [0, 0.1) is 6.92 Å². The Morgan fingerprint density at radius 2 is 1.85 bits per heavy atom. The molecule has 0 nitrogen and oxygen atoms in total. The summed E-state index contributed by atoms with van der Waals surface area (Å²) in [6.45, 7) is 2.01. The molecule has 0 unspecified atom stereocenters. The predicted molar refractivity (Wildman–Crippen MR) is 58.7 cm³/mol. The van der Waals surface area contributed by atoms with E-state index >= 15 is 0 Å². The van der Waals surface area contributed by atoms with Crippen molar-refractivity contribution in [2.45, 2.75) is 6.92 Å². The molecule has 0 radical (unpaired) electrons. The van der Waals surface area contributed by atoms with Crippen LogP contribution in [-0.4, -0.2) is 0 Å². The highest BCUT2D eigenvalue weighted by atomic mass is 35.5. The van der Waals surface area contributed by atoms with Gasteiger partial charge in [0.15, 0.2) is 0 Å². The van der Waals surface area contributed by atoms with Crippen LogP contribution >= 0.6 is 23.2 Å². The maximum Gasteiger partial charge on any atom is 0.0487 e. The minimum absolute atomic E-state index is 0.757. The van der Waals surface area contributed by atoms with Gasteiger partial charge < -0.3 is 0 Å². The van der Waals surface area contributed by atoms with Crippen molar-refractivity contribution in [1.29, 1.82) is 0 Å². The Morgan fingerprint density at radius 1 is 1.08 bits per heavy atom. The van der Waals surface area contributed by atoms with Gasteiger partial charge in [-0.05, 0) is 36.1 Å². The third kappa shape index (κ3) is 1.52. The lowest BCUT2D eigenvalue weighted by atomic mass is 10.1. The topological polar surface area (TPSA) is 0 Å². The molecule has 0 N–H and O–H groups in total. The summed E-state index contributed by atoms with van der Waals surface area (Å²) in [5.74, 6) is 0. The van der Waals surface area contributed by atoms with Crippen molar-refractivity contribution in [2.75, 3.05) is 0 Å². The molecule has 0 fully saturated rings. The molecule has 0 saturated carbocycles. The summed E-state index contributed by atoms with van der Waals surface area (Å²) in [5, 5.41) is 3.73. The molecule has 0 saturated heterocycles. The van der Waals surface area contributed by atoms with Gasteiger partial charge in [0.25, 0.3) is 0 Å². The second-order valence-corrected chi connectivity index (χ2v) is 3.90. The van der Waals surface area contributed by atoms with E-state index in [-0.39, 0.29) is 0 Å². The zero-order chi connectivity index (χ0) is 9.42. The molecule has 13 heavy (non-hydrogen) atoms. The number of benzene rings is 2. The standard InChI is InChI=1S/C11H8Cl2/c1-7-5-9(12)6-8-3-2-4-10(13)11(7)8/h2-6H,1H3. The van der Waals surface area contributed by atoms with Gasteiger partial charge in [0.2, 0.25) is 0 Å². The molecule has 0 spiro atoms. The fraction of sp³-hybridized carbons (Fsp3) is 0.0909. The van der Waals surface area contributed by atoms with Gasteiger partial charge in [0, 0.05) is 15.4 Å². The van der Waals surface area contributed by atoms with Gasteiger partial charge in [0.05, 0.1) is 0 Å². The Hall–Kier alpha value is -0.720. The van der Waals surface area contributed by atoms with Gasteiger partial charge in [-0.25, -0.2) is 0 Å². The third-order valence-corrected chi connectivity index (χ3v) is 2.62. The van der Waals surface area contributed by atoms with Crippen molar-refractivity contribution in [3.05, 3.63) is 45.9 Å². The fourth-order valence-corrected chi connectivity index (χ4v) is 2.16. The van der Waals surface area contributed by atoms with E-state index in [0.29, 0.717) is 0 Å². The smallest absolute Gasteiger partial charge is 0.0487 e. The first-order valence-electron chi connectivity index (χ1n) is 4.03. The SMILES string of the molecule is Cc1cc(Cl)cc2cccc(Cl)c12. The summed E-state index contributed by atoms with van der Waals surface area (Å²) in [4.78, 5) is 0. The van der Waals surface area contributed by atoms with Crippen molar-refractivity contribution < 1.29 is 0 Å². The predicted octanol–water partition coefficient (Wildman–Crippen LogP) is 4.46. The van der Waals surface area contributed by atoms with Crippen LogP contribution in [0.5, 0.6) is 0 Å². The summed E-state index contributed by atoms with van der Waals surface area (Å²) in [5.41, 5.74) is 1.12. The second kappa shape index (κ2) is 3.21. The highest BCUT2D eigenvalue weighted by molar-refractivity contribution is 6.36. The van der Waals surface area contributed by atoms with E-state index in [1.165, 1.54) is 0 Å². The molecule has 0 bridgehead atoms. The van der Waals surface area contributed by atoms with Crippen LogP contribution in [-0.2, 0) is 0 Å². The Balaban J connectivity index is 2.94. The van der Waals surface area contributed by atoms with Gasteiger partial charge in [-0.3, -0.25) is 0 Å². The van der Waals surface area contributed by atoms with Crippen molar-refractivity contribution in [3.8, 4) is 0 Å². The first-order chi connectivity index (χ1) is 6.18. The minimum atomic E-state index is 0.757. The molecule has 2 heteroatoms. The zero-order valence-electron chi connectivity index (χ0n) is 7.14. The maximum absolute atomic E-state index is 6.07. The van der Waals surface area contributed by atoms with Gasteiger partial charge in [-0.15, -0.1) is 0 Å². The largest absolute Gasteiger partial charge is 0.0843 e. The van der Waals surface area contributed by atoms with Crippen LogP contribution in [0.15, 0.2) is 30.3 Å². The quantitative estimate of drug-likeness (QED) is 0.603. The Kier molecular flexibility index (Phi) is 2.19. The zero-order valence-corrected chi connectivity index (χ0v) is 8.65. The number of hydrogen-bond donors (Lipinski definition) is 0. The average molecular weight is 211 g/mol. The number of fused-ring (bicyclic) bond motifs is 1. The molecule has 0 aliphatic carbocycles. The number of aryl methyl sites for hydroxylation is 1. The van der Waals surface area contributed by atoms with E-state index in [4.69, 9.17) is 23.2 Å². The van der Waals surface area contributed by atoms with Gasteiger partial charge in [-0.2, -0.15) is 0 Å². The van der Waals surface area contributed by atoms with Gasteiger partial charge in [0.1, 0.15) is 0 Å². The lowest BCUT2D eigenvalue weighted by Gasteiger charge is -2.04. The molecule has 0 aliphatic rings. The average Bonchev–Trinajstić information content (AvgIpc) is 2.02. The lowest BCUT2D eigenvalue weighted by Crippen LogP contribution is -1.79. The summed E-state index contributed by atoms with van der Waals surface area (Å²) in [6, 6.07) is 9.69. The van der Waals surface area contributed by atoms with E-state index in [9.17, 15) is 0 Å². The summed E-state index contributed by atoms with van der Waals surface area (Å²) in [7, 11) is 0. The number of hydrogen-bond acceptors (Lipinski definition) is 0. The Labute approximate surface area is 87.1 Å². The van der Waals surface area contributed by atoms with Crippen molar-refractivity contribution in [3.63, 3.8) is 0 Å². The van der Waals surface area contributed by atoms with Gasteiger partial charge >= 0.3 is 0 Å². The van der Waals surface area contributed by atoms with Crippen LogP contribution in [0.4, 0.5) is 0 Å². The first-order valence-corrected chi connectivity index (χ1v) is 4.78. The van der Waals surface area contributed by atoms with Crippen LogP contribution in [0.3, 0.4) is 0 Å². The molecule has 0 amide bonds. The summed E-state index contributed by atoms with van der Waals surface area (Å²) >= 11 is 12.0.